The van der Waals surface area contributed by atoms with Crippen LogP contribution < -0.4 is 15.4 Å². The Hall–Kier alpha value is -2.50. The van der Waals surface area contributed by atoms with Crippen molar-refractivity contribution in [3.8, 4) is 5.75 Å². The van der Waals surface area contributed by atoms with Gasteiger partial charge in [0.15, 0.2) is 0 Å². The van der Waals surface area contributed by atoms with E-state index < -0.39 is 0 Å². The number of methoxy groups -OCH3 is 1. The number of carbonyl (C=O) groups is 1. The van der Waals surface area contributed by atoms with Gasteiger partial charge in [-0.15, -0.1) is 0 Å². The Balaban J connectivity index is 2.28. The molecule has 0 spiro atoms. The summed E-state index contributed by atoms with van der Waals surface area (Å²) in [6.45, 7) is 0. The molecule has 0 bridgehead atoms. The maximum absolute atomic E-state index is 12.2. The van der Waals surface area contributed by atoms with Gasteiger partial charge in [0, 0.05) is 18.8 Å². The summed E-state index contributed by atoms with van der Waals surface area (Å²) >= 11 is 0. The van der Waals surface area contributed by atoms with Crippen molar-refractivity contribution in [2.75, 3.05) is 24.8 Å². The summed E-state index contributed by atoms with van der Waals surface area (Å²) < 4.78 is 5.12. The van der Waals surface area contributed by atoms with Gasteiger partial charge in [0.1, 0.15) is 11.4 Å². The first-order valence-corrected chi connectivity index (χ1v) is 5.34. The predicted octanol–water partition coefficient (Wildman–Crippen LogP) is 1.28. The largest absolute Gasteiger partial charge is 0.497 e. The zero-order chi connectivity index (χ0) is 13.1. The van der Waals surface area contributed by atoms with Gasteiger partial charge in [-0.05, 0) is 12.1 Å². The van der Waals surface area contributed by atoms with Gasteiger partial charge < -0.3 is 15.4 Å². The summed E-state index contributed by atoms with van der Waals surface area (Å²) in [5, 5.41) is 6.32. The van der Waals surface area contributed by atoms with Gasteiger partial charge in [-0.1, -0.05) is 6.07 Å². The number of anilines is 2. The van der Waals surface area contributed by atoms with E-state index in [0.717, 1.165) is 0 Å². The smallest absolute Gasteiger partial charge is 0.278 e. The Morgan fingerprint density at radius 1 is 1.50 bits per heavy atom. The molecule has 2 aromatic rings. The molecule has 0 atom stereocenters. The van der Waals surface area contributed by atoms with Gasteiger partial charge >= 0.3 is 0 Å². The zero-order valence-electron chi connectivity index (χ0n) is 10.2. The lowest BCUT2D eigenvalue weighted by molar-refractivity contribution is 0.0989. The van der Waals surface area contributed by atoms with E-state index in [0.29, 0.717) is 17.1 Å². The molecule has 1 heterocycles. The van der Waals surface area contributed by atoms with E-state index >= 15 is 0 Å². The molecular formula is C12H14N4O2. The number of hydrogen-bond donors (Lipinski definition) is 2. The van der Waals surface area contributed by atoms with Crippen LogP contribution >= 0.6 is 0 Å². The quantitative estimate of drug-likeness (QED) is 0.854. The number of aromatic amines is 1. The molecule has 0 saturated carbocycles. The van der Waals surface area contributed by atoms with Crippen LogP contribution in [0.4, 0.5) is 11.4 Å². The van der Waals surface area contributed by atoms with Crippen LogP contribution in [0.25, 0.3) is 0 Å². The van der Waals surface area contributed by atoms with Crippen molar-refractivity contribution in [2.24, 2.45) is 0 Å². The SMILES string of the molecule is COc1cccc(N(C)C(=O)c2[nH]ncc2N)c1. The number of nitrogens with two attached hydrogens (primary N) is 1. The molecule has 0 fully saturated rings. The number of carbonyl (C=O) groups excluding carboxylic acids is 1. The van der Waals surface area contributed by atoms with E-state index in [4.69, 9.17) is 10.5 Å². The van der Waals surface area contributed by atoms with E-state index in [9.17, 15) is 4.79 Å². The molecule has 1 amide bonds. The van der Waals surface area contributed by atoms with Crippen LogP contribution in [0.3, 0.4) is 0 Å². The molecular weight excluding hydrogens is 232 g/mol. The first-order valence-electron chi connectivity index (χ1n) is 5.34. The molecule has 6 nitrogen and oxygen atoms in total. The molecule has 1 aromatic carbocycles. The van der Waals surface area contributed by atoms with Gasteiger partial charge in [0.2, 0.25) is 0 Å². The lowest BCUT2D eigenvalue weighted by Gasteiger charge is -2.17. The number of ether oxygens (including phenoxy) is 1. The van der Waals surface area contributed by atoms with Crippen LogP contribution in [-0.2, 0) is 0 Å². The maximum Gasteiger partial charge on any atom is 0.278 e. The molecule has 0 unspecified atom stereocenters. The molecule has 0 aliphatic carbocycles. The van der Waals surface area contributed by atoms with Crippen molar-refractivity contribution >= 4 is 17.3 Å². The second-order valence-corrected chi connectivity index (χ2v) is 3.77. The normalized spacial score (nSPS) is 10.1. The minimum atomic E-state index is -0.252. The highest BCUT2D eigenvalue weighted by Gasteiger charge is 2.18. The minimum absolute atomic E-state index is 0.252. The molecule has 0 aliphatic rings. The second kappa shape index (κ2) is 4.79. The first-order chi connectivity index (χ1) is 8.63. The minimum Gasteiger partial charge on any atom is -0.497 e. The number of amides is 1. The summed E-state index contributed by atoms with van der Waals surface area (Å²) in [6.07, 6.45) is 1.41. The Morgan fingerprint density at radius 3 is 2.89 bits per heavy atom. The zero-order valence-corrected chi connectivity index (χ0v) is 10.2. The highest BCUT2D eigenvalue weighted by molar-refractivity contribution is 6.07. The number of H-pyrrole nitrogens is 1. The van der Waals surface area contributed by atoms with Gasteiger partial charge in [0.25, 0.3) is 5.91 Å². The molecule has 3 N–H and O–H groups in total. The van der Waals surface area contributed by atoms with Crippen LogP contribution in [0.5, 0.6) is 5.75 Å². The second-order valence-electron chi connectivity index (χ2n) is 3.77. The van der Waals surface area contributed by atoms with E-state index in [1.54, 1.807) is 20.2 Å². The number of aromatic nitrogens is 2. The maximum atomic E-state index is 12.2. The molecule has 6 heteroatoms. The lowest BCUT2D eigenvalue weighted by Crippen LogP contribution is -2.27. The van der Waals surface area contributed by atoms with Crippen LogP contribution in [-0.4, -0.2) is 30.3 Å². The van der Waals surface area contributed by atoms with Gasteiger partial charge in [-0.3, -0.25) is 9.89 Å². The fourth-order valence-electron chi connectivity index (χ4n) is 1.57. The average molecular weight is 246 g/mol. The number of hydrogen-bond acceptors (Lipinski definition) is 4. The molecule has 94 valence electrons. The first kappa shape index (κ1) is 12.0. The summed E-state index contributed by atoms with van der Waals surface area (Å²) in [4.78, 5) is 13.6. The van der Waals surface area contributed by atoms with Gasteiger partial charge in [0.05, 0.1) is 19.0 Å². The van der Waals surface area contributed by atoms with E-state index in [1.807, 2.05) is 18.2 Å². The van der Waals surface area contributed by atoms with Crippen LogP contribution in [0.2, 0.25) is 0 Å². The lowest BCUT2D eigenvalue weighted by atomic mass is 10.2. The highest BCUT2D eigenvalue weighted by atomic mass is 16.5. The summed E-state index contributed by atoms with van der Waals surface area (Å²) in [5.41, 5.74) is 6.97. The predicted molar refractivity (Wildman–Crippen MR) is 68.7 cm³/mol. The molecule has 2 rings (SSSR count). The Bertz CT molecular complexity index is 565. The Labute approximate surface area is 104 Å². The third kappa shape index (κ3) is 2.13. The fraction of sp³-hybridized carbons (Fsp3) is 0.167. The summed E-state index contributed by atoms with van der Waals surface area (Å²) in [6, 6.07) is 7.21. The molecule has 1 aromatic heterocycles. The van der Waals surface area contributed by atoms with Crippen molar-refractivity contribution in [1.29, 1.82) is 0 Å². The molecule has 0 radical (unpaired) electrons. The standard InChI is InChI=1S/C12H14N4O2/c1-16(8-4-3-5-9(6-8)18-2)12(17)11-10(13)7-14-15-11/h3-7H,13H2,1-2H3,(H,14,15). The molecule has 0 aliphatic heterocycles. The highest BCUT2D eigenvalue weighted by Crippen LogP contribution is 2.22. The number of nitrogen functional groups attached to an aromatic ring is 1. The van der Waals surface area contributed by atoms with E-state index in [-0.39, 0.29) is 11.6 Å². The van der Waals surface area contributed by atoms with E-state index in [1.165, 1.54) is 11.1 Å². The van der Waals surface area contributed by atoms with Crippen molar-refractivity contribution in [3.05, 3.63) is 36.2 Å². The van der Waals surface area contributed by atoms with Crippen molar-refractivity contribution < 1.29 is 9.53 Å². The van der Waals surface area contributed by atoms with Crippen molar-refractivity contribution in [2.45, 2.75) is 0 Å². The van der Waals surface area contributed by atoms with Gasteiger partial charge in [-0.25, -0.2) is 0 Å². The number of benzene rings is 1. The Kier molecular flexibility index (Phi) is 3.18. The summed E-state index contributed by atoms with van der Waals surface area (Å²) in [5.74, 6) is 0.433. The van der Waals surface area contributed by atoms with E-state index in [2.05, 4.69) is 10.2 Å². The molecule has 0 saturated heterocycles. The van der Waals surface area contributed by atoms with Crippen LogP contribution in [0.15, 0.2) is 30.5 Å². The fourth-order valence-corrected chi connectivity index (χ4v) is 1.57. The van der Waals surface area contributed by atoms with Crippen LogP contribution in [0.1, 0.15) is 10.5 Å². The average Bonchev–Trinajstić information content (AvgIpc) is 2.83. The number of nitrogens with one attached hydrogen (secondary N) is 1. The summed E-state index contributed by atoms with van der Waals surface area (Å²) in [7, 11) is 3.24. The Morgan fingerprint density at radius 2 is 2.28 bits per heavy atom. The number of nitrogens with zero attached hydrogens (tertiary/aromatic N) is 2. The molecule has 18 heavy (non-hydrogen) atoms. The van der Waals surface area contributed by atoms with Crippen LogP contribution in [0, 0.1) is 0 Å². The third-order valence-corrected chi connectivity index (χ3v) is 2.63. The monoisotopic (exact) mass is 246 g/mol. The van der Waals surface area contributed by atoms with Gasteiger partial charge in [-0.2, -0.15) is 5.10 Å². The van der Waals surface area contributed by atoms with Crippen molar-refractivity contribution in [1.82, 2.24) is 10.2 Å². The van der Waals surface area contributed by atoms with Crippen molar-refractivity contribution in [3.63, 3.8) is 0 Å². The topological polar surface area (TPSA) is 84.2 Å². The number of rotatable bonds is 3. The third-order valence-electron chi connectivity index (χ3n) is 2.63.